The predicted molar refractivity (Wildman–Crippen MR) is 78.0 cm³/mol. The number of nitrogens with one attached hydrogen (secondary N) is 1. The average Bonchev–Trinajstić information content (AvgIpc) is 2.97. The van der Waals surface area contributed by atoms with Crippen molar-refractivity contribution in [3.05, 3.63) is 5.69 Å². The number of rotatable bonds is 4. The van der Waals surface area contributed by atoms with Gasteiger partial charge in [-0.3, -0.25) is 9.48 Å². The van der Waals surface area contributed by atoms with Crippen molar-refractivity contribution in [2.45, 2.75) is 37.6 Å². The van der Waals surface area contributed by atoms with Crippen molar-refractivity contribution in [2.75, 3.05) is 18.8 Å². The Kier molecular flexibility index (Phi) is 4.24. The normalized spacial score (nSPS) is 17.2. The topological polar surface area (TPSA) is 110 Å². The van der Waals surface area contributed by atoms with Gasteiger partial charge in [0, 0.05) is 20.1 Å². The van der Waals surface area contributed by atoms with E-state index in [0.717, 1.165) is 12.8 Å². The number of nitrogens with zero attached hydrogens (tertiary/aromatic N) is 3. The van der Waals surface area contributed by atoms with Gasteiger partial charge in [0.15, 0.2) is 5.82 Å². The van der Waals surface area contributed by atoms with Gasteiger partial charge >= 0.3 is 0 Å². The summed E-state index contributed by atoms with van der Waals surface area (Å²) < 4.78 is 28.6. The standard InChI is InChI=1S/C12H21N5O3S/c1-8(12(18)17-6-4-5-7-17)15-21(19,20)10-9(2)16(3)14-11(10)13/h8,15H,4-7H2,1-3H3,(H2,13,14). The maximum atomic E-state index is 12.4. The molecule has 0 aromatic carbocycles. The van der Waals surface area contributed by atoms with E-state index in [-0.39, 0.29) is 16.6 Å². The number of nitrogens with two attached hydrogens (primary N) is 1. The minimum absolute atomic E-state index is 0.0638. The molecule has 1 fully saturated rings. The van der Waals surface area contributed by atoms with Crippen molar-refractivity contribution in [3.8, 4) is 0 Å². The van der Waals surface area contributed by atoms with Crippen LogP contribution in [0.1, 0.15) is 25.5 Å². The molecule has 21 heavy (non-hydrogen) atoms. The highest BCUT2D eigenvalue weighted by molar-refractivity contribution is 7.89. The second-order valence-electron chi connectivity index (χ2n) is 5.30. The fraction of sp³-hybridized carbons (Fsp3) is 0.667. The SMILES string of the molecule is Cc1c(S(=O)(=O)NC(C)C(=O)N2CCCC2)c(N)nn1C. The first-order valence-electron chi connectivity index (χ1n) is 6.84. The molecule has 1 aromatic rings. The molecule has 118 valence electrons. The van der Waals surface area contributed by atoms with E-state index in [1.54, 1.807) is 25.8 Å². The van der Waals surface area contributed by atoms with Gasteiger partial charge in [0.25, 0.3) is 0 Å². The smallest absolute Gasteiger partial charge is 0.246 e. The molecule has 0 saturated carbocycles. The third-order valence-electron chi connectivity index (χ3n) is 3.69. The van der Waals surface area contributed by atoms with Crippen LogP contribution in [0.15, 0.2) is 4.90 Å². The maximum absolute atomic E-state index is 12.4. The lowest BCUT2D eigenvalue weighted by Crippen LogP contribution is -2.46. The van der Waals surface area contributed by atoms with E-state index in [0.29, 0.717) is 18.8 Å². The average molecular weight is 315 g/mol. The number of hydrogen-bond acceptors (Lipinski definition) is 5. The predicted octanol–water partition coefficient (Wildman–Crippen LogP) is -0.400. The molecular formula is C12H21N5O3S. The van der Waals surface area contributed by atoms with Crippen molar-refractivity contribution in [2.24, 2.45) is 7.05 Å². The second kappa shape index (κ2) is 5.64. The van der Waals surface area contributed by atoms with Crippen molar-refractivity contribution in [1.82, 2.24) is 19.4 Å². The van der Waals surface area contributed by atoms with Crippen LogP contribution >= 0.6 is 0 Å². The Bertz CT molecular complexity index is 646. The molecule has 1 aromatic heterocycles. The number of aromatic nitrogens is 2. The van der Waals surface area contributed by atoms with Crippen molar-refractivity contribution < 1.29 is 13.2 Å². The first-order chi connectivity index (χ1) is 9.74. The monoisotopic (exact) mass is 315 g/mol. The lowest BCUT2D eigenvalue weighted by atomic mass is 10.3. The van der Waals surface area contributed by atoms with Gasteiger partial charge in [0.2, 0.25) is 15.9 Å². The summed E-state index contributed by atoms with van der Waals surface area (Å²) >= 11 is 0. The highest BCUT2D eigenvalue weighted by atomic mass is 32.2. The van der Waals surface area contributed by atoms with Crippen LogP contribution in [-0.4, -0.2) is 48.1 Å². The molecule has 1 amide bonds. The van der Waals surface area contributed by atoms with Gasteiger partial charge in [-0.05, 0) is 26.7 Å². The lowest BCUT2D eigenvalue weighted by molar-refractivity contribution is -0.131. The van der Waals surface area contributed by atoms with E-state index >= 15 is 0 Å². The third kappa shape index (κ3) is 3.03. The molecular weight excluding hydrogens is 294 g/mol. The number of aryl methyl sites for hydroxylation is 1. The first-order valence-corrected chi connectivity index (χ1v) is 8.32. The number of hydrogen-bond donors (Lipinski definition) is 2. The molecule has 3 N–H and O–H groups in total. The Morgan fingerprint density at radius 3 is 2.43 bits per heavy atom. The van der Waals surface area contributed by atoms with Crippen LogP contribution in [-0.2, 0) is 21.9 Å². The van der Waals surface area contributed by atoms with E-state index < -0.39 is 16.1 Å². The number of anilines is 1. The quantitative estimate of drug-likeness (QED) is 0.785. The van der Waals surface area contributed by atoms with Gasteiger partial charge < -0.3 is 10.6 Å². The largest absolute Gasteiger partial charge is 0.381 e. The molecule has 1 aliphatic rings. The molecule has 0 radical (unpaired) electrons. The number of carbonyl (C=O) groups excluding carboxylic acids is 1. The van der Waals surface area contributed by atoms with Crippen LogP contribution in [0.3, 0.4) is 0 Å². The van der Waals surface area contributed by atoms with Crippen LogP contribution in [0, 0.1) is 6.92 Å². The van der Waals surface area contributed by atoms with Gasteiger partial charge in [-0.25, -0.2) is 8.42 Å². The molecule has 8 nitrogen and oxygen atoms in total. The summed E-state index contributed by atoms with van der Waals surface area (Å²) in [5.74, 6) is -0.278. The van der Waals surface area contributed by atoms with E-state index in [2.05, 4.69) is 9.82 Å². The Balaban J connectivity index is 2.19. The molecule has 0 aliphatic carbocycles. The van der Waals surface area contributed by atoms with Gasteiger partial charge in [-0.2, -0.15) is 9.82 Å². The third-order valence-corrected chi connectivity index (χ3v) is 5.40. The zero-order chi connectivity index (χ0) is 15.8. The van der Waals surface area contributed by atoms with Crippen molar-refractivity contribution >= 4 is 21.7 Å². The van der Waals surface area contributed by atoms with Crippen LogP contribution in [0.4, 0.5) is 5.82 Å². The van der Waals surface area contributed by atoms with Crippen LogP contribution in [0.2, 0.25) is 0 Å². The first kappa shape index (κ1) is 15.8. The number of carbonyl (C=O) groups is 1. The summed E-state index contributed by atoms with van der Waals surface area (Å²) in [6, 6.07) is -0.827. The highest BCUT2D eigenvalue weighted by Crippen LogP contribution is 2.21. The molecule has 1 atom stereocenters. The van der Waals surface area contributed by atoms with Crippen LogP contribution in [0.5, 0.6) is 0 Å². The van der Waals surface area contributed by atoms with Crippen LogP contribution < -0.4 is 10.5 Å². The number of likely N-dealkylation sites (tertiary alicyclic amines) is 1. The van der Waals surface area contributed by atoms with Crippen LogP contribution in [0.25, 0.3) is 0 Å². The molecule has 0 spiro atoms. The minimum Gasteiger partial charge on any atom is -0.381 e. The highest BCUT2D eigenvalue weighted by Gasteiger charge is 2.30. The molecule has 1 unspecified atom stereocenters. The van der Waals surface area contributed by atoms with Gasteiger partial charge in [-0.15, -0.1) is 0 Å². The fourth-order valence-electron chi connectivity index (χ4n) is 2.50. The summed E-state index contributed by atoms with van der Waals surface area (Å²) in [5.41, 5.74) is 6.09. The number of nitrogen functional groups attached to an aromatic ring is 1. The van der Waals surface area contributed by atoms with E-state index in [4.69, 9.17) is 5.73 Å². The maximum Gasteiger partial charge on any atom is 0.246 e. The molecule has 0 bridgehead atoms. The zero-order valence-corrected chi connectivity index (χ0v) is 13.3. The summed E-state index contributed by atoms with van der Waals surface area (Å²) in [7, 11) is -2.27. The van der Waals surface area contributed by atoms with Gasteiger partial charge in [0.1, 0.15) is 4.90 Å². The fourth-order valence-corrected chi connectivity index (χ4v) is 4.02. The van der Waals surface area contributed by atoms with E-state index in [1.165, 1.54) is 4.68 Å². The lowest BCUT2D eigenvalue weighted by Gasteiger charge is -2.21. The molecule has 9 heteroatoms. The Morgan fingerprint density at radius 2 is 1.95 bits per heavy atom. The summed E-state index contributed by atoms with van der Waals surface area (Å²) in [6.45, 7) is 4.52. The van der Waals surface area contributed by atoms with Gasteiger partial charge in [0.05, 0.1) is 11.7 Å². The minimum atomic E-state index is -3.88. The molecule has 2 rings (SSSR count). The summed E-state index contributed by atoms with van der Waals surface area (Å²) in [5, 5.41) is 3.89. The summed E-state index contributed by atoms with van der Waals surface area (Å²) in [4.78, 5) is 13.8. The van der Waals surface area contributed by atoms with E-state index in [9.17, 15) is 13.2 Å². The Morgan fingerprint density at radius 1 is 1.38 bits per heavy atom. The van der Waals surface area contributed by atoms with Gasteiger partial charge in [-0.1, -0.05) is 0 Å². The molecule has 1 aliphatic heterocycles. The second-order valence-corrected chi connectivity index (χ2v) is 6.95. The molecule has 2 heterocycles. The zero-order valence-electron chi connectivity index (χ0n) is 12.5. The van der Waals surface area contributed by atoms with E-state index in [1.807, 2.05) is 0 Å². The summed E-state index contributed by atoms with van der Waals surface area (Å²) in [6.07, 6.45) is 1.92. The number of amides is 1. The molecule has 1 saturated heterocycles. The van der Waals surface area contributed by atoms with Crippen molar-refractivity contribution in [3.63, 3.8) is 0 Å². The number of sulfonamides is 1. The van der Waals surface area contributed by atoms with Crippen molar-refractivity contribution in [1.29, 1.82) is 0 Å². The Labute approximate surface area is 124 Å². The Hall–Kier alpha value is -1.61.